The van der Waals surface area contributed by atoms with E-state index < -0.39 is 0 Å². The van der Waals surface area contributed by atoms with Gasteiger partial charge >= 0.3 is 0 Å². The molecule has 1 saturated carbocycles. The van der Waals surface area contributed by atoms with Gasteiger partial charge in [0.2, 0.25) is 0 Å². The zero-order chi connectivity index (χ0) is 12.0. The number of ether oxygens (including phenoxy) is 1. The average Bonchev–Trinajstić information content (AvgIpc) is 2.61. The van der Waals surface area contributed by atoms with Gasteiger partial charge in [0, 0.05) is 13.2 Å². The Labute approximate surface area is 106 Å². The lowest BCUT2D eigenvalue weighted by molar-refractivity contribution is 0.00331. The second-order valence-corrected chi connectivity index (χ2v) is 5.13. The fourth-order valence-electron chi connectivity index (χ4n) is 2.17. The minimum atomic E-state index is -0.282. The number of rotatable bonds is 2. The molecular formula is C11H11BrFN3O. The van der Waals surface area contributed by atoms with Crippen LogP contribution in [0.2, 0.25) is 0 Å². The Hall–Kier alpha value is -1.01. The highest BCUT2D eigenvalue weighted by molar-refractivity contribution is 9.10. The molecule has 90 valence electrons. The Morgan fingerprint density at radius 3 is 2.94 bits per heavy atom. The van der Waals surface area contributed by atoms with Crippen molar-refractivity contribution in [3.8, 4) is 0 Å². The van der Waals surface area contributed by atoms with Crippen LogP contribution in [-0.2, 0) is 4.74 Å². The monoisotopic (exact) mass is 299 g/mol. The van der Waals surface area contributed by atoms with Crippen LogP contribution < -0.4 is 0 Å². The molecule has 1 aliphatic carbocycles. The summed E-state index contributed by atoms with van der Waals surface area (Å²) in [5.74, 6) is -0.282. The lowest BCUT2D eigenvalue weighted by Crippen LogP contribution is -2.33. The van der Waals surface area contributed by atoms with E-state index in [1.165, 1.54) is 12.1 Å². The molecule has 0 saturated heterocycles. The van der Waals surface area contributed by atoms with E-state index >= 15 is 0 Å². The molecule has 1 aromatic carbocycles. The summed E-state index contributed by atoms with van der Waals surface area (Å²) in [6.07, 6.45) is 2.10. The quantitative estimate of drug-likeness (QED) is 0.856. The molecule has 4 nitrogen and oxygen atoms in total. The van der Waals surface area contributed by atoms with Gasteiger partial charge in [-0.3, -0.25) is 0 Å². The smallest absolute Gasteiger partial charge is 0.127 e. The van der Waals surface area contributed by atoms with Gasteiger partial charge in [0.1, 0.15) is 11.3 Å². The molecular weight excluding hydrogens is 289 g/mol. The molecule has 0 bridgehead atoms. The van der Waals surface area contributed by atoms with Gasteiger partial charge in [-0.15, -0.1) is 5.10 Å². The summed E-state index contributed by atoms with van der Waals surface area (Å²) in [6, 6.07) is 3.14. The summed E-state index contributed by atoms with van der Waals surface area (Å²) in [7, 11) is 1.70. The number of benzene rings is 1. The van der Waals surface area contributed by atoms with Crippen LogP contribution in [0.1, 0.15) is 18.9 Å². The standard InChI is InChI=1S/C11H11BrFN3O/c1-17-8-4-7(5-8)16-10-3-6(13)2-9(12)11(10)14-15-16/h2-3,7-8H,4-5H2,1H3. The van der Waals surface area contributed by atoms with Crippen molar-refractivity contribution < 1.29 is 9.13 Å². The van der Waals surface area contributed by atoms with Crippen molar-refractivity contribution in [1.29, 1.82) is 0 Å². The lowest BCUT2D eigenvalue weighted by atomic mass is 9.89. The van der Waals surface area contributed by atoms with Crippen molar-refractivity contribution in [2.45, 2.75) is 25.0 Å². The van der Waals surface area contributed by atoms with Gasteiger partial charge in [-0.2, -0.15) is 0 Å². The molecule has 6 heteroatoms. The van der Waals surface area contributed by atoms with Crippen LogP contribution in [0, 0.1) is 5.82 Å². The van der Waals surface area contributed by atoms with Crippen LogP contribution in [0.15, 0.2) is 16.6 Å². The summed E-state index contributed by atoms with van der Waals surface area (Å²) < 4.78 is 21.0. The molecule has 0 N–H and O–H groups in total. The molecule has 0 atom stereocenters. The molecule has 1 fully saturated rings. The van der Waals surface area contributed by atoms with Gasteiger partial charge < -0.3 is 4.74 Å². The normalized spacial score (nSPS) is 23.9. The molecule has 0 aliphatic heterocycles. The van der Waals surface area contributed by atoms with Crippen LogP contribution in [0.4, 0.5) is 4.39 Å². The number of hydrogen-bond donors (Lipinski definition) is 0. The third-order valence-corrected chi connectivity index (χ3v) is 3.85. The highest BCUT2D eigenvalue weighted by Crippen LogP contribution is 2.36. The van der Waals surface area contributed by atoms with Crippen LogP contribution in [0.5, 0.6) is 0 Å². The van der Waals surface area contributed by atoms with Gasteiger partial charge in [0.05, 0.1) is 22.1 Å². The van der Waals surface area contributed by atoms with E-state index in [9.17, 15) is 4.39 Å². The molecule has 0 unspecified atom stereocenters. The van der Waals surface area contributed by atoms with Crippen molar-refractivity contribution in [2.75, 3.05) is 7.11 Å². The van der Waals surface area contributed by atoms with Crippen molar-refractivity contribution in [3.05, 3.63) is 22.4 Å². The maximum Gasteiger partial charge on any atom is 0.127 e. The van der Waals surface area contributed by atoms with E-state index in [0.717, 1.165) is 18.4 Å². The molecule has 2 aromatic rings. The zero-order valence-corrected chi connectivity index (χ0v) is 10.8. The highest BCUT2D eigenvalue weighted by Gasteiger charge is 2.32. The number of halogens is 2. The molecule has 1 heterocycles. The summed E-state index contributed by atoms with van der Waals surface area (Å²) in [6.45, 7) is 0. The molecule has 0 radical (unpaired) electrons. The number of fused-ring (bicyclic) bond motifs is 1. The first-order valence-corrected chi connectivity index (χ1v) is 6.21. The fourth-order valence-corrected chi connectivity index (χ4v) is 2.67. The third kappa shape index (κ3) is 1.75. The van der Waals surface area contributed by atoms with Gasteiger partial charge in [-0.25, -0.2) is 9.07 Å². The summed E-state index contributed by atoms with van der Waals surface area (Å²) in [4.78, 5) is 0. The number of nitrogens with zero attached hydrogens (tertiary/aromatic N) is 3. The van der Waals surface area contributed by atoms with Crippen molar-refractivity contribution in [3.63, 3.8) is 0 Å². The molecule has 17 heavy (non-hydrogen) atoms. The van der Waals surface area contributed by atoms with E-state index in [2.05, 4.69) is 26.2 Å². The maximum atomic E-state index is 13.4. The van der Waals surface area contributed by atoms with Crippen molar-refractivity contribution in [2.24, 2.45) is 0 Å². The fraction of sp³-hybridized carbons (Fsp3) is 0.455. The zero-order valence-electron chi connectivity index (χ0n) is 9.23. The lowest BCUT2D eigenvalue weighted by Gasteiger charge is -2.34. The minimum Gasteiger partial charge on any atom is -0.381 e. The summed E-state index contributed by atoms with van der Waals surface area (Å²) >= 11 is 3.30. The van der Waals surface area contributed by atoms with Gasteiger partial charge in [0.25, 0.3) is 0 Å². The van der Waals surface area contributed by atoms with Crippen LogP contribution in [0.3, 0.4) is 0 Å². The van der Waals surface area contributed by atoms with E-state index in [1.807, 2.05) is 0 Å². The average molecular weight is 300 g/mol. The first-order valence-electron chi connectivity index (χ1n) is 5.42. The maximum absolute atomic E-state index is 13.4. The van der Waals surface area contributed by atoms with E-state index in [4.69, 9.17) is 4.74 Å². The Kier molecular flexibility index (Phi) is 2.63. The SMILES string of the molecule is COC1CC(n2nnc3c(Br)cc(F)cc32)C1. The second-order valence-electron chi connectivity index (χ2n) is 4.27. The number of aromatic nitrogens is 3. The predicted octanol–water partition coefficient (Wildman–Crippen LogP) is 2.68. The van der Waals surface area contributed by atoms with E-state index in [1.54, 1.807) is 11.8 Å². The Morgan fingerprint density at radius 1 is 1.47 bits per heavy atom. The second kappa shape index (κ2) is 4.03. The molecule has 1 aromatic heterocycles. The first kappa shape index (κ1) is 11.1. The predicted molar refractivity (Wildman–Crippen MR) is 64.3 cm³/mol. The Bertz CT molecular complexity index is 565. The van der Waals surface area contributed by atoms with Gasteiger partial charge in [-0.1, -0.05) is 5.21 Å². The summed E-state index contributed by atoms with van der Waals surface area (Å²) in [5.41, 5.74) is 1.43. The minimum absolute atomic E-state index is 0.263. The van der Waals surface area contributed by atoms with Gasteiger partial charge in [0.15, 0.2) is 0 Å². The van der Waals surface area contributed by atoms with Crippen molar-refractivity contribution >= 4 is 27.0 Å². The van der Waals surface area contributed by atoms with Crippen LogP contribution >= 0.6 is 15.9 Å². The summed E-state index contributed by atoms with van der Waals surface area (Å²) in [5, 5.41) is 8.17. The Balaban J connectivity index is 2.01. The third-order valence-electron chi connectivity index (χ3n) is 3.25. The van der Waals surface area contributed by atoms with E-state index in [0.29, 0.717) is 9.99 Å². The largest absolute Gasteiger partial charge is 0.381 e. The van der Waals surface area contributed by atoms with Crippen LogP contribution in [0.25, 0.3) is 11.0 Å². The Morgan fingerprint density at radius 2 is 2.24 bits per heavy atom. The van der Waals surface area contributed by atoms with Crippen molar-refractivity contribution in [1.82, 2.24) is 15.0 Å². The number of hydrogen-bond acceptors (Lipinski definition) is 3. The molecule has 0 spiro atoms. The topological polar surface area (TPSA) is 39.9 Å². The van der Waals surface area contributed by atoms with Crippen LogP contribution in [-0.4, -0.2) is 28.2 Å². The van der Waals surface area contributed by atoms with E-state index in [-0.39, 0.29) is 18.0 Å². The molecule has 3 rings (SSSR count). The number of methoxy groups -OCH3 is 1. The highest BCUT2D eigenvalue weighted by atomic mass is 79.9. The first-order chi connectivity index (χ1) is 8.19. The molecule has 0 amide bonds. The molecule has 1 aliphatic rings. The van der Waals surface area contributed by atoms with Gasteiger partial charge in [-0.05, 0) is 34.8 Å².